The molecule has 0 radical (unpaired) electrons. The van der Waals surface area contributed by atoms with Crippen molar-refractivity contribution in [1.29, 1.82) is 0 Å². The first-order chi connectivity index (χ1) is 29.4. The van der Waals surface area contributed by atoms with Crippen LogP contribution < -0.4 is 10.9 Å². The van der Waals surface area contributed by atoms with E-state index in [1.54, 1.807) is 11.1 Å². The van der Waals surface area contributed by atoms with Crippen LogP contribution in [0.4, 0.5) is 14.4 Å². The Kier molecular flexibility index (Phi) is 11.7. The van der Waals surface area contributed by atoms with Gasteiger partial charge in [0.05, 0.1) is 44.1 Å². The molecule has 5 amide bonds. The summed E-state index contributed by atoms with van der Waals surface area (Å²) in [7, 11) is 2.54. The van der Waals surface area contributed by atoms with Crippen molar-refractivity contribution in [3.63, 3.8) is 0 Å². The summed E-state index contributed by atoms with van der Waals surface area (Å²) in [5, 5.41) is 4.83. The Morgan fingerprint density at radius 2 is 1.26 bits per heavy atom. The van der Waals surface area contributed by atoms with Crippen LogP contribution in [0.2, 0.25) is 0 Å². The predicted octanol–water partition coefficient (Wildman–Crippen LogP) is 8.03. The lowest BCUT2D eigenvalue weighted by Gasteiger charge is -2.36. The number of imidazole rings is 2. The van der Waals surface area contributed by atoms with Gasteiger partial charge in [-0.25, -0.2) is 45.2 Å². The van der Waals surface area contributed by atoms with Crippen LogP contribution >= 0.6 is 0 Å². The van der Waals surface area contributed by atoms with E-state index in [1.807, 2.05) is 33.9 Å². The minimum atomic E-state index is -0.724. The number of methoxy groups -OCH3 is 2. The number of fused-ring (bicyclic) bond motifs is 3. The van der Waals surface area contributed by atoms with Crippen molar-refractivity contribution < 1.29 is 33.4 Å². The van der Waals surface area contributed by atoms with Gasteiger partial charge in [-0.15, -0.1) is 0 Å². The topological polar surface area (TPSA) is 187 Å². The number of amides is 5. The maximum absolute atomic E-state index is 13.8. The summed E-state index contributed by atoms with van der Waals surface area (Å²) < 4.78 is 15.7. The van der Waals surface area contributed by atoms with Gasteiger partial charge in [-0.05, 0) is 93.0 Å². The van der Waals surface area contributed by atoms with Crippen LogP contribution in [-0.2, 0) is 19.0 Å². The second kappa shape index (κ2) is 17.3. The van der Waals surface area contributed by atoms with Crippen LogP contribution in [-0.4, -0.2) is 97.6 Å². The number of carbonyl (C=O) groups excluding carboxylic acids is 4. The van der Waals surface area contributed by atoms with Gasteiger partial charge >= 0.3 is 18.2 Å². The van der Waals surface area contributed by atoms with Gasteiger partial charge in [-0.3, -0.25) is 9.69 Å². The SMILES string of the molecule is COC(=O)NN(C(=O)[C@@H]1CCCC[C@@H]1c1ncc(-c2ccc3cc(-c4ccc(-c5cnc([C@@H]6C7CCC(O7)N6C(=O)N(NC(=O)OC)C(C)C)[nH]5)cc4)ccc3c2)[nH]1)C(C)C. The number of likely N-dealkylation sites (tertiary alicyclic amines) is 1. The number of hydrogen-bond donors (Lipinski definition) is 4. The van der Waals surface area contributed by atoms with E-state index in [4.69, 9.17) is 24.2 Å². The maximum atomic E-state index is 13.8. The predicted molar refractivity (Wildman–Crippen MR) is 227 cm³/mol. The monoisotopic (exact) mass is 831 g/mol. The average molecular weight is 832 g/mol. The number of piperidine rings is 1. The van der Waals surface area contributed by atoms with Crippen LogP contribution in [0.15, 0.2) is 73.1 Å². The molecule has 3 aliphatic rings. The number of nitrogens with zero attached hydrogens (tertiary/aromatic N) is 5. The van der Waals surface area contributed by atoms with E-state index in [1.165, 1.54) is 24.2 Å². The van der Waals surface area contributed by atoms with Crippen LogP contribution in [0.5, 0.6) is 0 Å². The molecule has 320 valence electrons. The van der Waals surface area contributed by atoms with E-state index >= 15 is 0 Å². The van der Waals surface area contributed by atoms with Crippen molar-refractivity contribution in [3.8, 4) is 33.6 Å². The highest BCUT2D eigenvalue weighted by Gasteiger charge is 2.53. The Morgan fingerprint density at radius 1 is 0.705 bits per heavy atom. The first kappa shape index (κ1) is 41.3. The summed E-state index contributed by atoms with van der Waals surface area (Å²) >= 11 is 0. The van der Waals surface area contributed by atoms with Crippen LogP contribution in [0, 0.1) is 5.92 Å². The normalized spacial score (nSPS) is 20.9. The van der Waals surface area contributed by atoms with E-state index < -0.39 is 24.5 Å². The van der Waals surface area contributed by atoms with E-state index in [0.717, 1.165) is 75.9 Å². The molecule has 0 spiro atoms. The largest absolute Gasteiger partial charge is 0.452 e. The van der Waals surface area contributed by atoms with Gasteiger partial charge in [0.2, 0.25) is 5.91 Å². The van der Waals surface area contributed by atoms with Crippen molar-refractivity contribution in [2.75, 3.05) is 14.2 Å². The summed E-state index contributed by atoms with van der Waals surface area (Å²) in [6, 6.07) is 19.6. The highest BCUT2D eigenvalue weighted by Crippen LogP contribution is 2.45. The quantitative estimate of drug-likeness (QED) is 0.112. The van der Waals surface area contributed by atoms with Crippen molar-refractivity contribution in [1.82, 2.24) is 45.7 Å². The molecule has 2 saturated heterocycles. The second-order valence-electron chi connectivity index (χ2n) is 16.5. The van der Waals surface area contributed by atoms with Gasteiger partial charge in [0.25, 0.3) is 0 Å². The first-order valence-corrected chi connectivity index (χ1v) is 21.0. The standard InChI is InChI=1S/C45H53N9O7/c1-25(2)53(50-43(56)59-5)42(55)34-10-8-7-9-33(34)40-46-24-36(48-40)32-18-17-30-21-29(15-16-31(30)22-32)27-11-13-28(14-12-27)35-23-47-41(49-35)39-37-19-20-38(61-37)52(39)45(58)54(26(3)4)51-44(57)60-6/h11-18,21-26,33-34,37-39H,7-10,19-20H2,1-6H3,(H,46,48)(H,47,49)(H,50,56)(H,51,57)/t33-,34+,37?,38?,39-/m0/s1. The van der Waals surface area contributed by atoms with E-state index in [-0.39, 0.29) is 42.0 Å². The van der Waals surface area contributed by atoms with Gasteiger partial charge < -0.3 is 24.2 Å². The highest BCUT2D eigenvalue weighted by atomic mass is 16.6. The third kappa shape index (κ3) is 8.23. The third-order valence-corrected chi connectivity index (χ3v) is 12.1. The van der Waals surface area contributed by atoms with Crippen molar-refractivity contribution in [2.45, 2.75) is 103 Å². The Hall–Kier alpha value is -6.42. The van der Waals surface area contributed by atoms with Crippen LogP contribution in [0.25, 0.3) is 44.4 Å². The fourth-order valence-electron chi connectivity index (χ4n) is 8.91. The first-order valence-electron chi connectivity index (χ1n) is 21.0. The molecule has 5 atom stereocenters. The number of nitrogens with one attached hydrogen (secondary N) is 4. The molecule has 5 aromatic rings. The number of carbonyl (C=O) groups is 4. The number of aromatic amines is 2. The van der Waals surface area contributed by atoms with E-state index in [9.17, 15) is 19.2 Å². The van der Waals surface area contributed by atoms with Gasteiger partial charge in [0.1, 0.15) is 23.9 Å². The van der Waals surface area contributed by atoms with Crippen LogP contribution in [0.1, 0.15) is 89.8 Å². The molecule has 1 aliphatic carbocycles. The number of hydrazine groups is 2. The molecule has 61 heavy (non-hydrogen) atoms. The van der Waals surface area contributed by atoms with E-state index in [0.29, 0.717) is 18.7 Å². The zero-order valence-electron chi connectivity index (χ0n) is 35.3. The molecule has 2 bridgehead atoms. The summed E-state index contributed by atoms with van der Waals surface area (Å²) in [6.45, 7) is 7.35. The molecule has 2 aromatic heterocycles. The molecular formula is C45H53N9O7. The molecule has 2 unspecified atom stereocenters. The lowest BCUT2D eigenvalue weighted by Crippen LogP contribution is -2.57. The molecule has 3 fully saturated rings. The molecule has 3 aromatic carbocycles. The number of H-pyrrole nitrogens is 2. The summed E-state index contributed by atoms with van der Waals surface area (Å²) in [5.74, 6) is 0.846. The molecule has 4 N–H and O–H groups in total. The molecule has 2 aliphatic heterocycles. The lowest BCUT2D eigenvalue weighted by molar-refractivity contribution is -0.142. The number of hydrogen-bond acceptors (Lipinski definition) is 9. The minimum absolute atomic E-state index is 0.0994. The Labute approximate surface area is 354 Å². The summed E-state index contributed by atoms with van der Waals surface area (Å²) in [5.41, 5.74) is 10.9. The fourth-order valence-corrected chi connectivity index (χ4v) is 8.91. The Morgan fingerprint density at radius 3 is 1.93 bits per heavy atom. The Bertz CT molecular complexity index is 2410. The van der Waals surface area contributed by atoms with Crippen molar-refractivity contribution >= 4 is 34.9 Å². The molecule has 4 heterocycles. The Balaban J connectivity index is 0.959. The van der Waals surface area contributed by atoms with E-state index in [2.05, 4.69) is 81.5 Å². The zero-order chi connectivity index (χ0) is 42.9. The van der Waals surface area contributed by atoms with Crippen molar-refractivity contribution in [2.24, 2.45) is 5.92 Å². The van der Waals surface area contributed by atoms with Gasteiger partial charge in [0.15, 0.2) is 0 Å². The molecule has 1 saturated carbocycles. The van der Waals surface area contributed by atoms with Gasteiger partial charge in [-0.1, -0.05) is 61.4 Å². The zero-order valence-corrected chi connectivity index (χ0v) is 35.3. The third-order valence-electron chi connectivity index (χ3n) is 12.1. The molecule has 16 heteroatoms. The van der Waals surface area contributed by atoms with Gasteiger partial charge in [0, 0.05) is 29.5 Å². The lowest BCUT2D eigenvalue weighted by atomic mass is 9.78. The summed E-state index contributed by atoms with van der Waals surface area (Å²) in [6.07, 6.45) is 6.58. The maximum Gasteiger partial charge on any atom is 0.425 e. The molecule has 16 nitrogen and oxygen atoms in total. The second-order valence-corrected chi connectivity index (χ2v) is 16.5. The average Bonchev–Trinajstić information content (AvgIpc) is 4.12. The van der Waals surface area contributed by atoms with Gasteiger partial charge in [-0.2, -0.15) is 0 Å². The van der Waals surface area contributed by atoms with Crippen LogP contribution in [0.3, 0.4) is 0 Å². The molecular weight excluding hydrogens is 779 g/mol. The number of ether oxygens (including phenoxy) is 3. The number of urea groups is 1. The molecule has 8 rings (SSSR count). The smallest absolute Gasteiger partial charge is 0.425 e. The summed E-state index contributed by atoms with van der Waals surface area (Å²) in [4.78, 5) is 69.8. The number of aromatic nitrogens is 4. The highest BCUT2D eigenvalue weighted by molar-refractivity contribution is 5.91. The van der Waals surface area contributed by atoms with Crippen molar-refractivity contribution in [3.05, 3.63) is 84.7 Å². The fraction of sp³-hybridized carbons (Fsp3) is 0.422. The number of benzene rings is 3. The number of rotatable bonds is 8. The minimum Gasteiger partial charge on any atom is -0.452 e.